The lowest BCUT2D eigenvalue weighted by Gasteiger charge is -2.24. The first-order valence-electron chi connectivity index (χ1n) is 7.90. The second kappa shape index (κ2) is 6.10. The van der Waals surface area contributed by atoms with E-state index in [1.165, 1.54) is 0 Å². The fourth-order valence-electron chi connectivity index (χ4n) is 3.07. The molecule has 3 nitrogen and oxygen atoms in total. The maximum atomic E-state index is 13.0. The van der Waals surface area contributed by atoms with Crippen LogP contribution >= 0.6 is 15.9 Å². The van der Waals surface area contributed by atoms with Crippen LogP contribution in [0, 0.1) is 6.92 Å². The van der Waals surface area contributed by atoms with Gasteiger partial charge < -0.3 is 10.0 Å². The normalized spacial score (nSPS) is 20.0. The SMILES string of the molecule is CCCCN1C(=O)C(O)(c2ccc(C)cc2)c2cc(Br)ccc21. The topological polar surface area (TPSA) is 40.5 Å². The summed E-state index contributed by atoms with van der Waals surface area (Å²) in [5.41, 5.74) is 1.55. The van der Waals surface area contributed by atoms with Gasteiger partial charge in [-0.2, -0.15) is 0 Å². The van der Waals surface area contributed by atoms with Crippen molar-refractivity contribution < 1.29 is 9.90 Å². The number of halogens is 1. The molecule has 0 bridgehead atoms. The van der Waals surface area contributed by atoms with E-state index in [4.69, 9.17) is 0 Å². The predicted octanol–water partition coefficient (Wildman–Crippen LogP) is 4.14. The molecular formula is C19H20BrNO2. The molecule has 120 valence electrons. The molecule has 1 heterocycles. The maximum Gasteiger partial charge on any atom is 0.268 e. The molecule has 3 rings (SSSR count). The Hall–Kier alpha value is -1.65. The number of aliphatic hydroxyl groups is 1. The number of benzene rings is 2. The van der Waals surface area contributed by atoms with Crippen LogP contribution in [0.25, 0.3) is 0 Å². The van der Waals surface area contributed by atoms with Crippen molar-refractivity contribution in [3.8, 4) is 0 Å². The lowest BCUT2D eigenvalue weighted by Crippen LogP contribution is -2.41. The minimum Gasteiger partial charge on any atom is -0.372 e. The number of anilines is 1. The van der Waals surface area contributed by atoms with Crippen LogP contribution in [0.3, 0.4) is 0 Å². The van der Waals surface area contributed by atoms with E-state index >= 15 is 0 Å². The summed E-state index contributed by atoms with van der Waals surface area (Å²) in [7, 11) is 0. The molecule has 0 fully saturated rings. The number of fused-ring (bicyclic) bond motifs is 1. The average molecular weight is 374 g/mol. The van der Waals surface area contributed by atoms with Crippen molar-refractivity contribution in [1.29, 1.82) is 0 Å². The Kier molecular flexibility index (Phi) is 4.30. The highest BCUT2D eigenvalue weighted by atomic mass is 79.9. The Morgan fingerprint density at radius 1 is 1.17 bits per heavy atom. The van der Waals surface area contributed by atoms with Gasteiger partial charge in [0.2, 0.25) is 0 Å². The van der Waals surface area contributed by atoms with Crippen LogP contribution in [0.15, 0.2) is 46.9 Å². The first-order valence-corrected chi connectivity index (χ1v) is 8.69. The van der Waals surface area contributed by atoms with E-state index in [2.05, 4.69) is 22.9 Å². The van der Waals surface area contributed by atoms with Gasteiger partial charge in [0.25, 0.3) is 5.91 Å². The second-order valence-electron chi connectivity index (χ2n) is 6.05. The van der Waals surface area contributed by atoms with E-state index in [-0.39, 0.29) is 5.91 Å². The maximum absolute atomic E-state index is 13.0. The molecule has 1 aliphatic heterocycles. The number of carbonyl (C=O) groups is 1. The molecule has 2 aromatic carbocycles. The van der Waals surface area contributed by atoms with Crippen LogP contribution in [-0.2, 0) is 10.4 Å². The van der Waals surface area contributed by atoms with Gasteiger partial charge in [-0.05, 0) is 37.1 Å². The van der Waals surface area contributed by atoms with Gasteiger partial charge >= 0.3 is 0 Å². The standard InChI is InChI=1S/C19H20BrNO2/c1-3-4-11-21-17-10-9-15(20)12-16(17)19(23,18(21)22)14-7-5-13(2)6-8-14/h5-10,12,23H,3-4,11H2,1-2H3. The van der Waals surface area contributed by atoms with Crippen LogP contribution in [0.5, 0.6) is 0 Å². The molecule has 0 aliphatic carbocycles. The van der Waals surface area contributed by atoms with Gasteiger partial charge in [0.1, 0.15) is 0 Å². The van der Waals surface area contributed by atoms with Crippen LogP contribution in [0.2, 0.25) is 0 Å². The number of unbranched alkanes of at least 4 members (excludes halogenated alkanes) is 1. The Morgan fingerprint density at radius 3 is 2.52 bits per heavy atom. The minimum atomic E-state index is -1.61. The lowest BCUT2D eigenvalue weighted by atomic mass is 9.87. The first kappa shape index (κ1) is 16.2. The fourth-order valence-corrected chi connectivity index (χ4v) is 3.43. The number of hydrogen-bond acceptors (Lipinski definition) is 2. The molecule has 0 saturated heterocycles. The van der Waals surface area contributed by atoms with Crippen molar-refractivity contribution in [1.82, 2.24) is 0 Å². The summed E-state index contributed by atoms with van der Waals surface area (Å²) in [5.74, 6) is -0.261. The van der Waals surface area contributed by atoms with E-state index in [9.17, 15) is 9.90 Å². The summed E-state index contributed by atoms with van der Waals surface area (Å²) in [6.45, 7) is 4.70. The number of nitrogens with zero attached hydrogens (tertiary/aromatic N) is 1. The third-order valence-electron chi connectivity index (χ3n) is 4.40. The van der Waals surface area contributed by atoms with Gasteiger partial charge in [0, 0.05) is 16.6 Å². The van der Waals surface area contributed by atoms with Gasteiger partial charge in [-0.25, -0.2) is 0 Å². The molecule has 1 aliphatic rings. The summed E-state index contributed by atoms with van der Waals surface area (Å²) in [6.07, 6.45) is 1.91. The van der Waals surface area contributed by atoms with Gasteiger partial charge in [-0.3, -0.25) is 4.79 Å². The highest BCUT2D eigenvalue weighted by Gasteiger charge is 2.50. The molecule has 0 spiro atoms. The van der Waals surface area contributed by atoms with Crippen LogP contribution in [0.1, 0.15) is 36.5 Å². The number of rotatable bonds is 4. The number of amides is 1. The summed E-state index contributed by atoms with van der Waals surface area (Å²) in [5, 5.41) is 11.4. The molecular weight excluding hydrogens is 354 g/mol. The van der Waals surface area contributed by atoms with E-state index in [0.29, 0.717) is 17.7 Å². The molecule has 2 aromatic rings. The Bertz CT molecular complexity index is 742. The largest absolute Gasteiger partial charge is 0.372 e. The van der Waals surface area contributed by atoms with Gasteiger partial charge in [0.15, 0.2) is 5.60 Å². The van der Waals surface area contributed by atoms with Crippen LogP contribution in [-0.4, -0.2) is 17.6 Å². The lowest BCUT2D eigenvalue weighted by molar-refractivity contribution is -0.132. The van der Waals surface area contributed by atoms with E-state index in [1.807, 2.05) is 49.4 Å². The summed E-state index contributed by atoms with van der Waals surface area (Å²) in [6, 6.07) is 13.2. The zero-order valence-corrected chi connectivity index (χ0v) is 14.9. The van der Waals surface area contributed by atoms with Crippen LogP contribution in [0.4, 0.5) is 5.69 Å². The molecule has 1 atom stereocenters. The third kappa shape index (κ3) is 2.60. The molecule has 0 aromatic heterocycles. The Balaban J connectivity index is 2.15. The van der Waals surface area contributed by atoms with Gasteiger partial charge in [-0.15, -0.1) is 0 Å². The van der Waals surface area contributed by atoms with E-state index < -0.39 is 5.60 Å². The highest BCUT2D eigenvalue weighted by molar-refractivity contribution is 9.10. The fraction of sp³-hybridized carbons (Fsp3) is 0.316. The molecule has 23 heavy (non-hydrogen) atoms. The molecule has 1 unspecified atom stereocenters. The monoisotopic (exact) mass is 373 g/mol. The predicted molar refractivity (Wildman–Crippen MR) is 95.6 cm³/mol. The first-order chi connectivity index (χ1) is 11.0. The molecule has 0 saturated carbocycles. The van der Waals surface area contributed by atoms with E-state index in [1.54, 1.807) is 4.90 Å². The summed E-state index contributed by atoms with van der Waals surface area (Å²) in [4.78, 5) is 14.8. The summed E-state index contributed by atoms with van der Waals surface area (Å²) < 4.78 is 0.854. The highest BCUT2D eigenvalue weighted by Crippen LogP contribution is 2.45. The number of hydrogen-bond donors (Lipinski definition) is 1. The van der Waals surface area contributed by atoms with Crippen molar-refractivity contribution in [3.63, 3.8) is 0 Å². The van der Waals surface area contributed by atoms with Crippen molar-refractivity contribution in [2.24, 2.45) is 0 Å². The van der Waals surface area contributed by atoms with Crippen molar-refractivity contribution >= 4 is 27.5 Å². The van der Waals surface area contributed by atoms with Crippen molar-refractivity contribution in [2.75, 3.05) is 11.4 Å². The molecule has 1 N–H and O–H groups in total. The summed E-state index contributed by atoms with van der Waals surface area (Å²) >= 11 is 3.45. The zero-order valence-electron chi connectivity index (χ0n) is 13.3. The minimum absolute atomic E-state index is 0.261. The van der Waals surface area contributed by atoms with Gasteiger partial charge in [-0.1, -0.05) is 59.1 Å². The average Bonchev–Trinajstić information content (AvgIpc) is 2.75. The molecule has 0 radical (unpaired) electrons. The number of aryl methyl sites for hydroxylation is 1. The van der Waals surface area contributed by atoms with E-state index in [0.717, 1.165) is 28.6 Å². The van der Waals surface area contributed by atoms with Crippen molar-refractivity contribution in [3.05, 3.63) is 63.6 Å². The zero-order chi connectivity index (χ0) is 16.6. The quantitative estimate of drug-likeness (QED) is 0.874. The Labute approximate surface area is 145 Å². The Morgan fingerprint density at radius 2 is 1.87 bits per heavy atom. The number of carbonyl (C=O) groups excluding carboxylic acids is 1. The molecule has 4 heteroatoms. The molecule has 1 amide bonds. The van der Waals surface area contributed by atoms with Crippen LogP contribution < -0.4 is 4.90 Å². The smallest absolute Gasteiger partial charge is 0.268 e. The second-order valence-corrected chi connectivity index (χ2v) is 6.96. The van der Waals surface area contributed by atoms with Gasteiger partial charge in [0.05, 0.1) is 5.69 Å². The third-order valence-corrected chi connectivity index (χ3v) is 4.89. The van der Waals surface area contributed by atoms with Crippen molar-refractivity contribution in [2.45, 2.75) is 32.3 Å².